The number of aliphatic hydroxyl groups is 1. The zero-order valence-corrected chi connectivity index (χ0v) is 12.8. The van der Waals surface area contributed by atoms with Gasteiger partial charge < -0.3 is 10.4 Å². The van der Waals surface area contributed by atoms with E-state index in [4.69, 9.17) is 0 Å². The Morgan fingerprint density at radius 3 is 2.15 bits per heavy atom. The molecule has 0 saturated heterocycles. The molecule has 0 fully saturated rings. The summed E-state index contributed by atoms with van der Waals surface area (Å²) in [5.74, 6) is -0.513. The maximum absolute atomic E-state index is 12.9. The lowest BCUT2D eigenvalue weighted by atomic mass is 9.83. The number of aliphatic hydroxyl groups excluding tert-OH is 1. The summed E-state index contributed by atoms with van der Waals surface area (Å²) < 4.78 is 12.9. The number of benzene rings is 1. The third kappa shape index (κ3) is 4.04. The molecule has 0 radical (unpaired) electrons. The van der Waals surface area contributed by atoms with Gasteiger partial charge in [0, 0.05) is 6.54 Å². The van der Waals surface area contributed by atoms with E-state index in [1.54, 1.807) is 26.0 Å². The van der Waals surface area contributed by atoms with Crippen LogP contribution in [0.3, 0.4) is 0 Å². The molecule has 1 aromatic carbocycles. The molecule has 3 nitrogen and oxygen atoms in total. The molecule has 0 heterocycles. The molecule has 4 heteroatoms. The summed E-state index contributed by atoms with van der Waals surface area (Å²) in [4.78, 5) is 12.3. The largest absolute Gasteiger partial charge is 0.391 e. The quantitative estimate of drug-likeness (QED) is 0.891. The van der Waals surface area contributed by atoms with Crippen LogP contribution >= 0.6 is 0 Å². The Balaban J connectivity index is 2.73. The molecule has 0 saturated carbocycles. The molecule has 1 unspecified atom stereocenters. The van der Waals surface area contributed by atoms with Crippen molar-refractivity contribution in [3.8, 4) is 0 Å². The van der Waals surface area contributed by atoms with E-state index in [-0.39, 0.29) is 23.7 Å². The predicted molar refractivity (Wildman–Crippen MR) is 77.9 cm³/mol. The fourth-order valence-electron chi connectivity index (χ4n) is 1.71. The highest BCUT2D eigenvalue weighted by atomic mass is 19.1. The predicted octanol–water partition coefficient (Wildman–Crippen LogP) is 2.63. The molecule has 2 N–H and O–H groups in total. The van der Waals surface area contributed by atoms with Crippen molar-refractivity contribution in [2.24, 2.45) is 5.41 Å². The van der Waals surface area contributed by atoms with Gasteiger partial charge in [0.05, 0.1) is 11.5 Å². The van der Waals surface area contributed by atoms with E-state index >= 15 is 0 Å². The Morgan fingerprint density at radius 2 is 1.70 bits per heavy atom. The standard InChI is InChI=1S/C16H24FNO2/c1-15(2,3)13(19)10-18-14(20)16(4,5)11-6-8-12(17)9-7-11/h6-9,13,19H,10H2,1-5H3,(H,18,20). The molecule has 0 bridgehead atoms. The van der Waals surface area contributed by atoms with Gasteiger partial charge in [-0.15, -0.1) is 0 Å². The molecule has 112 valence electrons. The van der Waals surface area contributed by atoms with Gasteiger partial charge in [-0.05, 0) is 37.0 Å². The van der Waals surface area contributed by atoms with Crippen LogP contribution in [-0.2, 0) is 10.2 Å². The third-order valence-corrected chi connectivity index (χ3v) is 3.59. The van der Waals surface area contributed by atoms with Gasteiger partial charge in [0.15, 0.2) is 0 Å². The summed E-state index contributed by atoms with van der Waals surface area (Å²) in [6.45, 7) is 9.49. The minimum Gasteiger partial charge on any atom is -0.391 e. The molecule has 1 amide bonds. The molecule has 0 aliphatic rings. The van der Waals surface area contributed by atoms with Crippen molar-refractivity contribution in [1.29, 1.82) is 0 Å². The van der Waals surface area contributed by atoms with Crippen LogP contribution in [0.25, 0.3) is 0 Å². The van der Waals surface area contributed by atoms with Crippen molar-refractivity contribution >= 4 is 5.91 Å². The van der Waals surface area contributed by atoms with Crippen molar-refractivity contribution in [1.82, 2.24) is 5.32 Å². The highest BCUT2D eigenvalue weighted by Gasteiger charge is 2.31. The van der Waals surface area contributed by atoms with Gasteiger partial charge in [-0.25, -0.2) is 4.39 Å². The molecule has 20 heavy (non-hydrogen) atoms. The fourth-order valence-corrected chi connectivity index (χ4v) is 1.71. The average Bonchev–Trinajstić information content (AvgIpc) is 2.34. The first-order valence-electron chi connectivity index (χ1n) is 6.77. The number of halogens is 1. The SMILES string of the molecule is CC(C)(C(=O)NCC(O)C(C)(C)C)c1ccc(F)cc1. The summed E-state index contributed by atoms with van der Waals surface area (Å²) in [6.07, 6.45) is -0.615. The van der Waals surface area contributed by atoms with Crippen molar-refractivity contribution in [3.63, 3.8) is 0 Å². The second-order valence-electron chi connectivity index (χ2n) is 6.72. The Kier molecular flexibility index (Phi) is 4.92. The lowest BCUT2D eigenvalue weighted by Crippen LogP contribution is -2.45. The molecule has 0 aromatic heterocycles. The Bertz CT molecular complexity index is 460. The van der Waals surface area contributed by atoms with E-state index < -0.39 is 11.5 Å². The lowest BCUT2D eigenvalue weighted by molar-refractivity contribution is -0.126. The number of carbonyl (C=O) groups excluding carboxylic acids is 1. The Labute approximate surface area is 120 Å². The van der Waals surface area contributed by atoms with Gasteiger partial charge in [0.2, 0.25) is 5.91 Å². The van der Waals surface area contributed by atoms with Gasteiger partial charge in [-0.3, -0.25) is 4.79 Å². The topological polar surface area (TPSA) is 49.3 Å². The number of hydrogen-bond acceptors (Lipinski definition) is 2. The average molecular weight is 281 g/mol. The number of hydrogen-bond donors (Lipinski definition) is 2. The van der Waals surface area contributed by atoms with Crippen LogP contribution in [0.15, 0.2) is 24.3 Å². The fraction of sp³-hybridized carbons (Fsp3) is 0.562. The van der Waals surface area contributed by atoms with Gasteiger partial charge in [-0.2, -0.15) is 0 Å². The smallest absolute Gasteiger partial charge is 0.230 e. The first kappa shape index (κ1) is 16.6. The van der Waals surface area contributed by atoms with E-state index in [1.165, 1.54) is 12.1 Å². The van der Waals surface area contributed by atoms with Crippen LogP contribution in [-0.4, -0.2) is 23.7 Å². The molecule has 1 aromatic rings. The molecular weight excluding hydrogens is 257 g/mol. The zero-order valence-electron chi connectivity index (χ0n) is 12.8. The van der Waals surface area contributed by atoms with E-state index in [2.05, 4.69) is 5.32 Å². The lowest BCUT2D eigenvalue weighted by Gasteiger charge is -2.29. The maximum Gasteiger partial charge on any atom is 0.230 e. The van der Waals surface area contributed by atoms with Gasteiger partial charge in [0.25, 0.3) is 0 Å². The van der Waals surface area contributed by atoms with Crippen molar-refractivity contribution in [2.75, 3.05) is 6.54 Å². The summed E-state index contributed by atoms with van der Waals surface area (Å²) in [5.41, 5.74) is -0.319. The summed E-state index contributed by atoms with van der Waals surface area (Å²) in [7, 11) is 0. The summed E-state index contributed by atoms with van der Waals surface area (Å²) in [6, 6.07) is 5.90. The molecule has 0 aliphatic heterocycles. The van der Waals surface area contributed by atoms with Crippen LogP contribution < -0.4 is 5.32 Å². The van der Waals surface area contributed by atoms with Gasteiger partial charge in [-0.1, -0.05) is 32.9 Å². The Morgan fingerprint density at radius 1 is 1.20 bits per heavy atom. The summed E-state index contributed by atoms with van der Waals surface area (Å²) in [5, 5.41) is 12.7. The van der Waals surface area contributed by atoms with Gasteiger partial charge >= 0.3 is 0 Å². The molecule has 1 atom stereocenters. The van der Waals surface area contributed by atoms with Crippen molar-refractivity contribution in [3.05, 3.63) is 35.6 Å². The highest BCUT2D eigenvalue weighted by molar-refractivity contribution is 5.87. The highest BCUT2D eigenvalue weighted by Crippen LogP contribution is 2.24. The molecule has 0 aliphatic carbocycles. The van der Waals surface area contributed by atoms with Crippen LogP contribution in [0.2, 0.25) is 0 Å². The summed E-state index contributed by atoms with van der Waals surface area (Å²) >= 11 is 0. The first-order valence-corrected chi connectivity index (χ1v) is 6.77. The second-order valence-corrected chi connectivity index (χ2v) is 6.72. The van der Waals surface area contributed by atoms with Crippen LogP contribution in [0.5, 0.6) is 0 Å². The van der Waals surface area contributed by atoms with E-state index in [0.717, 1.165) is 5.56 Å². The molecule has 1 rings (SSSR count). The van der Waals surface area contributed by atoms with E-state index in [0.29, 0.717) is 0 Å². The number of amides is 1. The normalized spacial score (nSPS) is 13.9. The van der Waals surface area contributed by atoms with Crippen molar-refractivity contribution < 1.29 is 14.3 Å². The minimum atomic E-state index is -0.773. The van der Waals surface area contributed by atoms with E-state index in [1.807, 2.05) is 20.8 Å². The number of rotatable bonds is 4. The monoisotopic (exact) mass is 281 g/mol. The van der Waals surface area contributed by atoms with Gasteiger partial charge in [0.1, 0.15) is 5.82 Å². The minimum absolute atomic E-state index is 0.188. The van der Waals surface area contributed by atoms with Crippen molar-refractivity contribution in [2.45, 2.75) is 46.1 Å². The molecule has 0 spiro atoms. The van der Waals surface area contributed by atoms with Crippen LogP contribution in [0, 0.1) is 11.2 Å². The van der Waals surface area contributed by atoms with Crippen LogP contribution in [0.4, 0.5) is 4.39 Å². The third-order valence-electron chi connectivity index (χ3n) is 3.59. The number of carbonyl (C=O) groups is 1. The molecular formula is C16H24FNO2. The van der Waals surface area contributed by atoms with E-state index in [9.17, 15) is 14.3 Å². The Hall–Kier alpha value is -1.42. The second kappa shape index (κ2) is 5.92. The van der Waals surface area contributed by atoms with Crippen LogP contribution in [0.1, 0.15) is 40.2 Å². The number of nitrogens with one attached hydrogen (secondary N) is 1. The maximum atomic E-state index is 12.9. The first-order chi connectivity index (χ1) is 9.05. The zero-order chi connectivity index (χ0) is 15.6.